The zero-order valence-corrected chi connectivity index (χ0v) is 65.5. The number of aliphatic hydroxyl groups is 1. The molecule has 584 valence electrons. The van der Waals surface area contributed by atoms with Crippen molar-refractivity contribution in [2.24, 2.45) is 0 Å². The van der Waals surface area contributed by atoms with Gasteiger partial charge in [0.25, 0.3) is 0 Å². The van der Waals surface area contributed by atoms with E-state index < -0.39 is 97.5 Å². The van der Waals surface area contributed by atoms with E-state index in [0.717, 1.165) is 186 Å². The number of allylic oxidation sites excluding steroid dienone is 22. The number of phosphoric acid groups is 2. The second-order valence-electron chi connectivity index (χ2n) is 25.9. The lowest BCUT2D eigenvalue weighted by Gasteiger charge is -2.21. The minimum Gasteiger partial charge on any atom is -0.462 e. The molecule has 0 saturated heterocycles. The maximum atomic E-state index is 13.1. The fourth-order valence-corrected chi connectivity index (χ4v) is 11.7. The Balaban J connectivity index is 5.40. The van der Waals surface area contributed by atoms with Crippen LogP contribution in [0.15, 0.2) is 134 Å². The third-order valence-corrected chi connectivity index (χ3v) is 18.0. The van der Waals surface area contributed by atoms with Crippen LogP contribution in [-0.2, 0) is 65.4 Å². The number of carbonyl (C=O) groups is 4. The molecule has 102 heavy (non-hydrogen) atoms. The van der Waals surface area contributed by atoms with E-state index in [2.05, 4.69) is 161 Å². The maximum Gasteiger partial charge on any atom is 0.472 e. The predicted molar refractivity (Wildman–Crippen MR) is 418 cm³/mol. The topological polar surface area (TPSA) is 237 Å². The van der Waals surface area contributed by atoms with Gasteiger partial charge in [0.15, 0.2) is 12.2 Å². The lowest BCUT2D eigenvalue weighted by Crippen LogP contribution is -2.30. The van der Waals surface area contributed by atoms with Gasteiger partial charge in [-0.1, -0.05) is 258 Å². The van der Waals surface area contributed by atoms with Crippen LogP contribution in [0.2, 0.25) is 0 Å². The lowest BCUT2D eigenvalue weighted by molar-refractivity contribution is -0.161. The highest BCUT2D eigenvalue weighted by Gasteiger charge is 2.30. The number of aliphatic hydroxyl groups excluding tert-OH is 1. The zero-order chi connectivity index (χ0) is 74.6. The number of carbonyl (C=O) groups excluding carboxylic acids is 4. The molecule has 0 aromatic carbocycles. The van der Waals surface area contributed by atoms with Gasteiger partial charge in [-0.15, -0.1) is 0 Å². The fourth-order valence-electron chi connectivity index (χ4n) is 10.1. The molecule has 0 aliphatic rings. The average molecular weight is 1470 g/mol. The van der Waals surface area contributed by atoms with Gasteiger partial charge in [0.05, 0.1) is 26.4 Å². The van der Waals surface area contributed by atoms with Crippen LogP contribution in [0.5, 0.6) is 0 Å². The normalized spacial score (nSPS) is 14.6. The van der Waals surface area contributed by atoms with Gasteiger partial charge < -0.3 is 33.8 Å². The smallest absolute Gasteiger partial charge is 0.462 e. The van der Waals surface area contributed by atoms with Crippen LogP contribution in [0.1, 0.15) is 310 Å². The van der Waals surface area contributed by atoms with E-state index in [1.54, 1.807) is 0 Å². The molecule has 19 heteroatoms. The molecule has 0 spiro atoms. The first-order valence-corrected chi connectivity index (χ1v) is 42.4. The Labute approximate surface area is 618 Å². The summed E-state index contributed by atoms with van der Waals surface area (Å²) < 4.78 is 68.5. The molecule has 0 heterocycles. The molecule has 5 atom stereocenters. The van der Waals surface area contributed by atoms with Crippen LogP contribution >= 0.6 is 15.6 Å². The molecule has 0 radical (unpaired) electrons. The van der Waals surface area contributed by atoms with Crippen molar-refractivity contribution in [2.75, 3.05) is 39.6 Å². The summed E-state index contributed by atoms with van der Waals surface area (Å²) in [6.07, 6.45) is 82.9. The highest BCUT2D eigenvalue weighted by molar-refractivity contribution is 7.47. The summed E-state index contributed by atoms with van der Waals surface area (Å²) in [6.45, 7) is 4.52. The molecule has 0 aromatic heterocycles. The van der Waals surface area contributed by atoms with Crippen LogP contribution < -0.4 is 0 Å². The molecule has 5 unspecified atom stereocenters. The molecule has 3 N–H and O–H groups in total. The molecule has 0 aromatic rings. The van der Waals surface area contributed by atoms with Crippen molar-refractivity contribution < 1.29 is 80.2 Å². The first-order valence-electron chi connectivity index (χ1n) is 39.4. The quantitative estimate of drug-likeness (QED) is 0.0169. The van der Waals surface area contributed by atoms with Crippen molar-refractivity contribution in [3.63, 3.8) is 0 Å². The summed E-state index contributed by atoms with van der Waals surface area (Å²) in [4.78, 5) is 73.0. The van der Waals surface area contributed by atoms with Crippen LogP contribution in [0.25, 0.3) is 0 Å². The van der Waals surface area contributed by atoms with E-state index in [-0.39, 0.29) is 25.7 Å². The van der Waals surface area contributed by atoms with E-state index in [1.165, 1.54) is 44.9 Å². The van der Waals surface area contributed by atoms with E-state index in [0.29, 0.717) is 25.7 Å². The Morgan fingerprint density at radius 2 is 0.510 bits per heavy atom. The van der Waals surface area contributed by atoms with Crippen LogP contribution in [0.3, 0.4) is 0 Å². The van der Waals surface area contributed by atoms with Gasteiger partial charge in [0.1, 0.15) is 19.3 Å². The third kappa shape index (κ3) is 73.5. The Bertz CT molecular complexity index is 2460. The molecule has 0 aliphatic heterocycles. The minimum atomic E-state index is -4.99. The van der Waals surface area contributed by atoms with Crippen molar-refractivity contribution in [3.05, 3.63) is 134 Å². The third-order valence-electron chi connectivity index (χ3n) is 16.1. The predicted octanol–water partition coefficient (Wildman–Crippen LogP) is 22.9. The summed E-state index contributed by atoms with van der Waals surface area (Å²) >= 11 is 0. The van der Waals surface area contributed by atoms with E-state index in [4.69, 9.17) is 37.0 Å². The molecular formula is C83H140O17P2. The first kappa shape index (κ1) is 97.2. The van der Waals surface area contributed by atoms with Crippen molar-refractivity contribution in [1.82, 2.24) is 0 Å². The summed E-state index contributed by atoms with van der Waals surface area (Å²) in [5.41, 5.74) is 0. The van der Waals surface area contributed by atoms with Gasteiger partial charge in [-0.05, 0) is 161 Å². The van der Waals surface area contributed by atoms with Crippen molar-refractivity contribution >= 4 is 39.5 Å². The molecule has 0 bridgehead atoms. The Morgan fingerprint density at radius 1 is 0.284 bits per heavy atom. The number of hydrogen-bond donors (Lipinski definition) is 3. The highest BCUT2D eigenvalue weighted by atomic mass is 31.2. The monoisotopic (exact) mass is 1470 g/mol. The van der Waals surface area contributed by atoms with Crippen LogP contribution in [0.4, 0.5) is 0 Å². The summed E-state index contributed by atoms with van der Waals surface area (Å²) in [5, 5.41) is 10.6. The number of ether oxygens (including phenoxy) is 4. The van der Waals surface area contributed by atoms with Crippen LogP contribution in [-0.4, -0.2) is 96.7 Å². The van der Waals surface area contributed by atoms with Gasteiger partial charge in [-0.3, -0.25) is 37.3 Å². The van der Waals surface area contributed by atoms with Crippen LogP contribution in [0, 0.1) is 0 Å². The second kappa shape index (κ2) is 74.5. The van der Waals surface area contributed by atoms with Gasteiger partial charge >= 0.3 is 39.5 Å². The zero-order valence-electron chi connectivity index (χ0n) is 63.7. The number of rotatable bonds is 73. The molecule has 0 aliphatic carbocycles. The van der Waals surface area contributed by atoms with Gasteiger partial charge in [0.2, 0.25) is 0 Å². The highest BCUT2D eigenvalue weighted by Crippen LogP contribution is 2.45. The van der Waals surface area contributed by atoms with E-state index >= 15 is 0 Å². The van der Waals surface area contributed by atoms with Gasteiger partial charge in [-0.25, -0.2) is 9.13 Å². The molecule has 0 fully saturated rings. The first-order chi connectivity index (χ1) is 49.7. The van der Waals surface area contributed by atoms with Crippen molar-refractivity contribution in [1.29, 1.82) is 0 Å². The van der Waals surface area contributed by atoms with E-state index in [9.17, 15) is 43.2 Å². The summed E-state index contributed by atoms with van der Waals surface area (Å²) in [5.74, 6) is -2.26. The largest absolute Gasteiger partial charge is 0.472 e. The lowest BCUT2D eigenvalue weighted by atomic mass is 10.1. The average Bonchev–Trinajstić information content (AvgIpc) is 0.919. The molecular weight excluding hydrogens is 1330 g/mol. The summed E-state index contributed by atoms with van der Waals surface area (Å²) in [6, 6.07) is 0. The molecule has 17 nitrogen and oxygen atoms in total. The Hall–Kier alpha value is -4.80. The Kier molecular flexibility index (Phi) is 71.0. The second-order valence-corrected chi connectivity index (χ2v) is 28.8. The number of phosphoric ester groups is 2. The summed E-state index contributed by atoms with van der Waals surface area (Å²) in [7, 11) is -9.98. The standard InChI is InChI=1S/C83H140O17P2/c1-5-9-13-17-21-25-29-33-36-37-38-39-42-45-48-52-56-60-64-68-81(86)94-73-78(99-82(87)69-65-61-57-53-49-43-32-28-24-20-16-12-8-4)75-97-101(89,90)95-71-77(84)72-96-102(91,92)98-76-79(100-83(88)70-66-62-58-54-50-46-41-35-31-27-23-19-15-11-7-3)74-93-80(85)67-63-59-55-51-47-44-40-34-30-26-22-18-14-10-6-2/h10-11,14-15,21-23,25-28,32-36,38-41,47,51,77-79,84H,5-9,12-13,16-20,24,29-31,37,42-46,48-50,52-76H2,1-4H3,(H,89,90)(H,91,92)/b14-10-,15-11-,25-21-,26-22-,27-23-,32-28-,36-33-,39-38-,40-34-,41-35-,51-47-. The SMILES string of the molecule is CC/C=C\C/C=C\C/C=C\C/C=C\CCCCC(=O)OCC(COP(=O)(O)OCC(O)COP(=O)(O)OCC(COC(=O)CCCCCCCC/C=C\C/C=C\C/C=C\CCCCC)OC(=O)CCCCCCC/C=C\CCCCCC)OC(=O)CCCCCCC/C=C\C/C=C\C/C=C\CC. The van der Waals surface area contributed by atoms with E-state index in [1.807, 2.05) is 0 Å². The molecule has 0 rings (SSSR count). The molecule has 0 saturated carbocycles. The number of unbranched alkanes of at least 4 members (excludes halogenated alkanes) is 25. The number of esters is 4. The van der Waals surface area contributed by atoms with Crippen molar-refractivity contribution in [2.45, 2.75) is 329 Å². The van der Waals surface area contributed by atoms with Crippen molar-refractivity contribution in [3.8, 4) is 0 Å². The minimum absolute atomic E-state index is 0.0628. The maximum absolute atomic E-state index is 13.1. The van der Waals surface area contributed by atoms with Gasteiger partial charge in [-0.2, -0.15) is 0 Å². The fraction of sp³-hybridized carbons (Fsp3) is 0.687. The Morgan fingerprint density at radius 3 is 0.833 bits per heavy atom. The number of hydrogen-bond acceptors (Lipinski definition) is 15. The molecule has 0 amide bonds. The van der Waals surface area contributed by atoms with Gasteiger partial charge in [0, 0.05) is 25.7 Å².